The van der Waals surface area contributed by atoms with Gasteiger partial charge in [0, 0.05) is 0 Å². The summed E-state index contributed by atoms with van der Waals surface area (Å²) in [5, 5.41) is 14.1. The maximum Gasteiger partial charge on any atom is 0.251 e. The number of hydrogen-bond donors (Lipinski definition) is 4. The zero-order valence-corrected chi connectivity index (χ0v) is 12.3. The molecule has 4 nitrogen and oxygen atoms in total. The van der Waals surface area contributed by atoms with Crippen LogP contribution in [0.15, 0.2) is 0 Å². The molecule has 16 heavy (non-hydrogen) atoms. The first-order valence-electron chi connectivity index (χ1n) is 5.26. The van der Waals surface area contributed by atoms with Crippen LogP contribution in [0, 0.1) is 0 Å². The Kier molecular flexibility index (Phi) is 44.9. The van der Waals surface area contributed by atoms with E-state index in [0.717, 1.165) is 0 Å². The predicted octanol–water partition coefficient (Wildman–Crippen LogP) is 3.19. The van der Waals surface area contributed by atoms with Crippen LogP contribution in [0.1, 0.15) is 53.4 Å². The molecule has 0 unspecified atom stereocenters. The number of thiocarbonyl (C=S) groups is 2. The van der Waals surface area contributed by atoms with E-state index in [0.29, 0.717) is 0 Å². The molecule has 0 heterocycles. The number of aliphatic hydroxyl groups excluding tert-OH is 2. The van der Waals surface area contributed by atoms with E-state index in [1.54, 1.807) is 0 Å². The molecule has 0 fully saturated rings. The Morgan fingerprint density at radius 1 is 0.750 bits per heavy atom. The molecule has 0 bridgehead atoms. The summed E-state index contributed by atoms with van der Waals surface area (Å²) in [4.78, 5) is 0. The van der Waals surface area contributed by atoms with Crippen LogP contribution >= 0.6 is 24.4 Å². The van der Waals surface area contributed by atoms with Crippen LogP contribution in [-0.2, 0) is 0 Å². The summed E-state index contributed by atoms with van der Waals surface area (Å²) in [6.45, 7) is 8.72. The summed E-state index contributed by atoms with van der Waals surface area (Å²) >= 11 is 7.74. The number of unbranched alkanes of at least 4 members (excludes halogenated alkanes) is 2. The smallest absolute Gasteiger partial charge is 0.251 e. The average molecular weight is 270 g/mol. The van der Waals surface area contributed by atoms with Gasteiger partial charge in [0.1, 0.15) is 0 Å². The Bertz CT molecular complexity index is 117. The molecule has 0 aromatic heterocycles. The Morgan fingerprint density at radius 3 is 0.812 bits per heavy atom. The standard InChI is InChI=1S/2C4H10.2CH3NOS/c2*1-3-4-2;2*2-1(3)4/h2*3-4H2,1-2H3;2*(H3,2,3,4). The minimum atomic E-state index is -0.500. The molecule has 0 amide bonds. The summed E-state index contributed by atoms with van der Waals surface area (Å²) in [7, 11) is 0. The second kappa shape index (κ2) is 29.3. The largest absolute Gasteiger partial charge is 0.487 e. The van der Waals surface area contributed by atoms with E-state index in [1.807, 2.05) is 0 Å². The van der Waals surface area contributed by atoms with Crippen molar-refractivity contribution in [3.63, 3.8) is 0 Å². The molecule has 6 heteroatoms. The Morgan fingerprint density at radius 2 is 0.812 bits per heavy atom. The van der Waals surface area contributed by atoms with Gasteiger partial charge in [-0.1, -0.05) is 53.4 Å². The van der Waals surface area contributed by atoms with Gasteiger partial charge in [-0.25, -0.2) is 0 Å². The molecule has 0 saturated carbocycles. The van der Waals surface area contributed by atoms with Crippen LogP contribution in [0.5, 0.6) is 0 Å². The third-order valence-electron chi connectivity index (χ3n) is 1.000. The predicted molar refractivity (Wildman–Crippen MR) is 80.0 cm³/mol. The van der Waals surface area contributed by atoms with Crippen LogP contribution < -0.4 is 11.5 Å². The van der Waals surface area contributed by atoms with E-state index in [9.17, 15) is 0 Å². The van der Waals surface area contributed by atoms with Crippen LogP contribution in [0.25, 0.3) is 0 Å². The molecule has 0 spiro atoms. The second-order valence-electron chi connectivity index (χ2n) is 2.68. The topological polar surface area (TPSA) is 92.5 Å². The van der Waals surface area contributed by atoms with Crippen molar-refractivity contribution in [2.75, 3.05) is 0 Å². The summed E-state index contributed by atoms with van der Waals surface area (Å²) in [5.74, 6) is 0. The van der Waals surface area contributed by atoms with Crippen molar-refractivity contribution < 1.29 is 10.2 Å². The van der Waals surface area contributed by atoms with Gasteiger partial charge in [-0.3, -0.25) is 0 Å². The van der Waals surface area contributed by atoms with E-state index in [4.69, 9.17) is 10.2 Å². The second-order valence-corrected chi connectivity index (χ2v) is 3.51. The van der Waals surface area contributed by atoms with Crippen molar-refractivity contribution in [1.29, 1.82) is 0 Å². The lowest BCUT2D eigenvalue weighted by Gasteiger charge is -1.68. The van der Waals surface area contributed by atoms with Gasteiger partial charge >= 0.3 is 0 Å². The fourth-order valence-electron chi connectivity index (χ4n) is 0. The molecule has 0 atom stereocenters. The molecule has 0 aliphatic rings. The number of rotatable bonds is 2. The van der Waals surface area contributed by atoms with Crippen molar-refractivity contribution in [3.05, 3.63) is 0 Å². The molecule has 0 aliphatic carbocycles. The van der Waals surface area contributed by atoms with Crippen LogP contribution in [-0.4, -0.2) is 20.6 Å². The van der Waals surface area contributed by atoms with Gasteiger partial charge in [0.2, 0.25) is 0 Å². The van der Waals surface area contributed by atoms with Crippen LogP contribution in [0.2, 0.25) is 0 Å². The molecular weight excluding hydrogens is 244 g/mol. The van der Waals surface area contributed by atoms with Crippen molar-refractivity contribution in [1.82, 2.24) is 0 Å². The van der Waals surface area contributed by atoms with Gasteiger partial charge in [0.15, 0.2) is 0 Å². The molecule has 0 aromatic carbocycles. The maximum absolute atomic E-state index is 7.56. The summed E-state index contributed by atoms with van der Waals surface area (Å²) in [5.41, 5.74) is 8.80. The van der Waals surface area contributed by atoms with E-state index in [2.05, 4.69) is 63.6 Å². The number of nitrogens with two attached hydrogens (primary N) is 2. The van der Waals surface area contributed by atoms with Gasteiger partial charge in [0.05, 0.1) is 0 Å². The molecule has 0 rings (SSSR count). The van der Waals surface area contributed by atoms with Crippen molar-refractivity contribution in [3.8, 4) is 0 Å². The third kappa shape index (κ3) is 1080. The van der Waals surface area contributed by atoms with E-state index in [1.165, 1.54) is 25.7 Å². The first-order chi connectivity index (χ1) is 7.29. The Hall–Kier alpha value is -0.620. The molecule has 6 N–H and O–H groups in total. The highest BCUT2D eigenvalue weighted by molar-refractivity contribution is 7.80. The Balaban J connectivity index is -0.0000000600. The lowest BCUT2D eigenvalue weighted by molar-refractivity contribution is 0.559. The zero-order valence-electron chi connectivity index (χ0n) is 10.7. The average Bonchev–Trinajstić information content (AvgIpc) is 2.16. The quantitative estimate of drug-likeness (QED) is 0.576. The highest BCUT2D eigenvalue weighted by atomic mass is 32.1. The van der Waals surface area contributed by atoms with Crippen LogP contribution in [0.4, 0.5) is 0 Å². The van der Waals surface area contributed by atoms with Gasteiger partial charge in [-0.15, -0.1) is 0 Å². The molecule has 0 aliphatic heterocycles. The lowest BCUT2D eigenvalue weighted by atomic mass is 10.4. The zero-order chi connectivity index (χ0) is 14.0. The van der Waals surface area contributed by atoms with Gasteiger partial charge < -0.3 is 21.7 Å². The minimum Gasteiger partial charge on any atom is -0.487 e. The van der Waals surface area contributed by atoms with Gasteiger partial charge in [0.25, 0.3) is 10.3 Å². The lowest BCUT2D eigenvalue weighted by Crippen LogP contribution is -2.03. The summed E-state index contributed by atoms with van der Waals surface area (Å²) in [6.07, 6.45) is 5.28. The van der Waals surface area contributed by atoms with Gasteiger partial charge in [-0.05, 0) is 24.4 Å². The molecule has 0 saturated heterocycles. The highest BCUT2D eigenvalue weighted by Crippen LogP contribution is 1.77. The molecular formula is C10H26N2O2S2. The summed E-state index contributed by atoms with van der Waals surface area (Å²) < 4.78 is 0. The van der Waals surface area contributed by atoms with E-state index in [-0.39, 0.29) is 0 Å². The Labute approximate surface area is 110 Å². The van der Waals surface area contributed by atoms with E-state index < -0.39 is 10.3 Å². The minimum absolute atomic E-state index is 0.500. The molecule has 0 radical (unpaired) electrons. The highest BCUT2D eigenvalue weighted by Gasteiger charge is 1.58. The number of hydrogen-bond acceptors (Lipinski definition) is 2. The number of aliphatic hydroxyl groups is 2. The summed E-state index contributed by atoms with van der Waals surface area (Å²) in [6, 6.07) is 0. The van der Waals surface area contributed by atoms with Crippen molar-refractivity contribution in [2.24, 2.45) is 11.5 Å². The SMILES string of the molecule is CCCC.CCCC.NC(O)=S.NC(O)=S. The fraction of sp³-hybridized carbons (Fsp3) is 0.800. The fourth-order valence-corrected chi connectivity index (χ4v) is 0. The molecule has 0 aromatic rings. The third-order valence-corrected chi connectivity index (χ3v) is 1.000. The first-order valence-corrected chi connectivity index (χ1v) is 6.08. The van der Waals surface area contributed by atoms with Crippen molar-refractivity contribution >= 4 is 34.8 Å². The van der Waals surface area contributed by atoms with Gasteiger partial charge in [-0.2, -0.15) is 0 Å². The van der Waals surface area contributed by atoms with E-state index >= 15 is 0 Å². The maximum atomic E-state index is 7.56. The normalized spacial score (nSPS) is 6.75. The van der Waals surface area contributed by atoms with Crippen molar-refractivity contribution in [2.45, 2.75) is 53.4 Å². The monoisotopic (exact) mass is 270 g/mol. The van der Waals surface area contributed by atoms with Crippen LogP contribution in [0.3, 0.4) is 0 Å². The molecule has 100 valence electrons. The first kappa shape index (κ1) is 24.6.